The van der Waals surface area contributed by atoms with Gasteiger partial charge in [-0.15, -0.1) is 6.42 Å². The van der Waals surface area contributed by atoms with E-state index in [4.69, 9.17) is 10.8 Å². The van der Waals surface area contributed by atoms with Gasteiger partial charge in [0, 0.05) is 25.2 Å². The van der Waals surface area contributed by atoms with Crippen LogP contribution >= 0.6 is 0 Å². The lowest BCUT2D eigenvalue weighted by Crippen LogP contribution is -2.29. The maximum absolute atomic E-state index is 12.6. The topological polar surface area (TPSA) is 62.6 Å². The van der Waals surface area contributed by atoms with E-state index in [-0.39, 0.29) is 11.4 Å². The van der Waals surface area contributed by atoms with Gasteiger partial charge in [-0.2, -0.15) is 4.31 Å². The molecule has 1 aliphatic carbocycles. The highest BCUT2D eigenvalue weighted by molar-refractivity contribution is 7.89. The largest absolute Gasteiger partial charge is 0.465 e. The first-order chi connectivity index (χ1) is 9.37. The third kappa shape index (κ3) is 2.90. The van der Waals surface area contributed by atoms with Crippen molar-refractivity contribution < 1.29 is 12.8 Å². The minimum Gasteiger partial charge on any atom is -0.465 e. The normalized spacial score (nSPS) is 15.6. The third-order valence-corrected chi connectivity index (χ3v) is 5.45. The number of terminal acetylenes is 1. The molecule has 1 aromatic rings. The van der Waals surface area contributed by atoms with Crippen LogP contribution in [0.25, 0.3) is 0 Å². The Kier molecular flexibility index (Phi) is 4.23. The lowest BCUT2D eigenvalue weighted by Gasteiger charge is -2.15. The van der Waals surface area contributed by atoms with Crippen molar-refractivity contribution in [1.82, 2.24) is 9.62 Å². The van der Waals surface area contributed by atoms with Crippen molar-refractivity contribution in [3.63, 3.8) is 0 Å². The van der Waals surface area contributed by atoms with Gasteiger partial charge in [-0.3, -0.25) is 0 Å². The molecule has 1 fully saturated rings. The summed E-state index contributed by atoms with van der Waals surface area (Å²) in [6.07, 6.45) is 7.50. The summed E-state index contributed by atoms with van der Waals surface area (Å²) in [5.74, 6) is 3.41. The van der Waals surface area contributed by atoms with E-state index in [1.54, 1.807) is 13.8 Å². The molecule has 0 radical (unpaired) electrons. The zero-order chi connectivity index (χ0) is 14.9. The van der Waals surface area contributed by atoms with E-state index >= 15 is 0 Å². The second-order valence-corrected chi connectivity index (χ2v) is 7.12. The van der Waals surface area contributed by atoms with Crippen LogP contribution in [0.15, 0.2) is 9.31 Å². The number of aryl methyl sites for hydroxylation is 2. The van der Waals surface area contributed by atoms with Crippen molar-refractivity contribution >= 4 is 10.0 Å². The molecule has 20 heavy (non-hydrogen) atoms. The number of rotatable bonds is 6. The first-order valence-electron chi connectivity index (χ1n) is 6.60. The summed E-state index contributed by atoms with van der Waals surface area (Å²) >= 11 is 0. The maximum atomic E-state index is 12.6. The van der Waals surface area contributed by atoms with Crippen LogP contribution < -0.4 is 5.32 Å². The van der Waals surface area contributed by atoms with E-state index in [1.807, 2.05) is 0 Å². The molecule has 0 atom stereocenters. The molecule has 2 rings (SSSR count). The minimum atomic E-state index is -3.61. The zero-order valence-electron chi connectivity index (χ0n) is 12.1. The van der Waals surface area contributed by atoms with Crippen molar-refractivity contribution in [2.24, 2.45) is 0 Å². The zero-order valence-corrected chi connectivity index (χ0v) is 12.9. The molecule has 0 unspecified atom stereocenters. The predicted molar refractivity (Wildman–Crippen MR) is 76.7 cm³/mol. The Morgan fingerprint density at radius 3 is 2.60 bits per heavy atom. The second kappa shape index (κ2) is 5.60. The fourth-order valence-electron chi connectivity index (χ4n) is 2.16. The van der Waals surface area contributed by atoms with Crippen molar-refractivity contribution in [3.05, 3.63) is 17.1 Å². The van der Waals surface area contributed by atoms with Gasteiger partial charge >= 0.3 is 0 Å². The van der Waals surface area contributed by atoms with Crippen LogP contribution in [0, 0.1) is 26.2 Å². The number of hydrogen-bond donors (Lipinski definition) is 1. The Hall–Kier alpha value is -1.29. The molecule has 1 saturated carbocycles. The monoisotopic (exact) mass is 296 g/mol. The van der Waals surface area contributed by atoms with Gasteiger partial charge < -0.3 is 9.73 Å². The van der Waals surface area contributed by atoms with Gasteiger partial charge in [0.05, 0.1) is 6.54 Å². The summed E-state index contributed by atoms with van der Waals surface area (Å²) in [5.41, 5.74) is 0.707. The molecule has 110 valence electrons. The number of furan rings is 1. The van der Waals surface area contributed by atoms with Crippen LogP contribution in [0.5, 0.6) is 0 Å². The quantitative estimate of drug-likeness (QED) is 0.806. The van der Waals surface area contributed by atoms with E-state index in [1.165, 1.54) is 11.4 Å². The average Bonchev–Trinajstić information content (AvgIpc) is 3.13. The van der Waals surface area contributed by atoms with Crippen molar-refractivity contribution in [2.45, 2.75) is 44.2 Å². The molecule has 0 saturated heterocycles. The number of nitrogens with one attached hydrogen (secondary N) is 1. The lowest BCUT2D eigenvalue weighted by molar-refractivity contribution is 0.482. The molecule has 0 spiro atoms. The second-order valence-electron chi connectivity index (χ2n) is 5.14. The van der Waals surface area contributed by atoms with E-state index in [0.717, 1.165) is 12.8 Å². The Balaban J connectivity index is 2.36. The van der Waals surface area contributed by atoms with E-state index < -0.39 is 10.0 Å². The Morgan fingerprint density at radius 2 is 2.05 bits per heavy atom. The third-order valence-electron chi connectivity index (χ3n) is 3.45. The van der Waals surface area contributed by atoms with Gasteiger partial charge in [-0.1, -0.05) is 5.92 Å². The Labute approximate surface area is 120 Å². The first-order valence-corrected chi connectivity index (χ1v) is 8.04. The van der Waals surface area contributed by atoms with Gasteiger partial charge in [0.2, 0.25) is 10.0 Å². The fraction of sp³-hybridized carbons (Fsp3) is 0.571. The molecule has 0 bridgehead atoms. The SMILES string of the molecule is C#CCN(C)S(=O)(=O)c1c(C)oc(C)c1CNC1CC1. The number of hydrogen-bond acceptors (Lipinski definition) is 4. The van der Waals surface area contributed by atoms with E-state index in [9.17, 15) is 8.42 Å². The molecule has 1 aromatic heterocycles. The Bertz CT molecular complexity index is 636. The molecule has 1 aliphatic rings. The minimum absolute atomic E-state index is 0.0431. The van der Waals surface area contributed by atoms with E-state index in [0.29, 0.717) is 29.7 Å². The molecular formula is C14H20N2O3S. The summed E-state index contributed by atoms with van der Waals surface area (Å²) in [4.78, 5) is 0.251. The van der Waals surface area contributed by atoms with Crippen LogP contribution in [-0.4, -0.2) is 32.4 Å². The molecule has 0 amide bonds. The van der Waals surface area contributed by atoms with Crippen LogP contribution in [0.3, 0.4) is 0 Å². The summed E-state index contributed by atoms with van der Waals surface area (Å²) in [6, 6.07) is 0.503. The standard InChI is InChI=1S/C14H20N2O3S/c1-5-8-16(4)20(17,18)14-11(3)19-10(2)13(14)9-15-12-6-7-12/h1,12,15H,6-9H2,2-4H3. The first kappa shape index (κ1) is 15.1. The van der Waals surface area contributed by atoms with Gasteiger partial charge in [0.15, 0.2) is 0 Å². The van der Waals surface area contributed by atoms with Crippen LogP contribution in [0.4, 0.5) is 0 Å². The smallest absolute Gasteiger partial charge is 0.247 e. The average molecular weight is 296 g/mol. The summed E-state index contributed by atoms with van der Waals surface area (Å²) in [7, 11) is -2.13. The van der Waals surface area contributed by atoms with Gasteiger partial charge in [-0.05, 0) is 26.7 Å². The molecule has 6 heteroatoms. The van der Waals surface area contributed by atoms with Crippen LogP contribution in [-0.2, 0) is 16.6 Å². The van der Waals surface area contributed by atoms with Gasteiger partial charge in [0.1, 0.15) is 16.4 Å². The molecule has 5 nitrogen and oxygen atoms in total. The summed E-state index contributed by atoms with van der Waals surface area (Å²) in [5, 5.41) is 3.33. The number of sulfonamides is 1. The summed E-state index contributed by atoms with van der Waals surface area (Å²) < 4.78 is 31.8. The van der Waals surface area contributed by atoms with Crippen LogP contribution in [0.2, 0.25) is 0 Å². The van der Waals surface area contributed by atoms with Gasteiger partial charge in [-0.25, -0.2) is 8.42 Å². The highest BCUT2D eigenvalue weighted by atomic mass is 32.2. The summed E-state index contributed by atoms with van der Waals surface area (Å²) in [6.45, 7) is 4.01. The van der Waals surface area contributed by atoms with Crippen molar-refractivity contribution in [3.8, 4) is 12.3 Å². The molecular weight excluding hydrogens is 276 g/mol. The fourth-order valence-corrected chi connectivity index (χ4v) is 3.64. The van der Waals surface area contributed by atoms with Crippen molar-refractivity contribution in [1.29, 1.82) is 0 Å². The Morgan fingerprint density at radius 1 is 1.40 bits per heavy atom. The molecule has 0 aliphatic heterocycles. The number of nitrogens with zero attached hydrogens (tertiary/aromatic N) is 1. The molecule has 1 heterocycles. The van der Waals surface area contributed by atoms with Crippen LogP contribution in [0.1, 0.15) is 29.9 Å². The lowest BCUT2D eigenvalue weighted by atomic mass is 10.2. The van der Waals surface area contributed by atoms with Crippen molar-refractivity contribution in [2.75, 3.05) is 13.6 Å². The molecule has 1 N–H and O–H groups in total. The molecule has 0 aromatic carbocycles. The highest BCUT2D eigenvalue weighted by Gasteiger charge is 2.31. The highest BCUT2D eigenvalue weighted by Crippen LogP contribution is 2.29. The van der Waals surface area contributed by atoms with E-state index in [2.05, 4.69) is 11.2 Å². The van der Waals surface area contributed by atoms with Gasteiger partial charge in [0.25, 0.3) is 0 Å². The predicted octanol–water partition coefficient (Wildman–Crippen LogP) is 1.40. The maximum Gasteiger partial charge on any atom is 0.247 e.